The smallest absolute Gasteiger partial charge is 0.338 e. The Bertz CT molecular complexity index is 1150. The zero-order chi connectivity index (χ0) is 26.5. The first-order chi connectivity index (χ1) is 17.9. The molecule has 1 fully saturated rings. The molecule has 3 heterocycles. The van der Waals surface area contributed by atoms with Gasteiger partial charge in [0, 0.05) is 44.5 Å². The van der Waals surface area contributed by atoms with Crippen molar-refractivity contribution in [2.75, 3.05) is 46.4 Å². The largest absolute Gasteiger partial charge is 0.497 e. The van der Waals surface area contributed by atoms with Crippen LogP contribution in [0.15, 0.2) is 53.0 Å². The third kappa shape index (κ3) is 5.65. The number of carbonyl (C=O) groups excluding carboxylic acids is 3. The van der Waals surface area contributed by atoms with Crippen molar-refractivity contribution < 1.29 is 23.9 Å². The third-order valence-corrected chi connectivity index (χ3v) is 7.63. The minimum Gasteiger partial charge on any atom is -0.497 e. The van der Waals surface area contributed by atoms with Crippen LogP contribution in [-0.4, -0.2) is 85.1 Å². The lowest BCUT2D eigenvalue weighted by molar-refractivity contribution is -0.139. The average molecular weight is 527 g/mol. The van der Waals surface area contributed by atoms with Crippen molar-refractivity contribution in [2.24, 2.45) is 0 Å². The van der Waals surface area contributed by atoms with Crippen molar-refractivity contribution in [2.45, 2.75) is 32.9 Å². The molecule has 0 bridgehead atoms. The maximum Gasteiger partial charge on any atom is 0.338 e. The van der Waals surface area contributed by atoms with Crippen molar-refractivity contribution in [3.05, 3.63) is 63.5 Å². The Balaban J connectivity index is 1.64. The average Bonchev–Trinajstić information content (AvgIpc) is 3.44. The van der Waals surface area contributed by atoms with Crippen LogP contribution in [0.1, 0.15) is 42.0 Å². The molecule has 2 aromatic rings. The van der Waals surface area contributed by atoms with Crippen LogP contribution in [0, 0.1) is 0 Å². The quantitative estimate of drug-likeness (QED) is 0.530. The van der Waals surface area contributed by atoms with Gasteiger partial charge in [-0.25, -0.2) is 9.59 Å². The number of esters is 1. The summed E-state index contributed by atoms with van der Waals surface area (Å²) in [6.45, 7) is 8.55. The first kappa shape index (κ1) is 26.7. The van der Waals surface area contributed by atoms with Gasteiger partial charge in [0.1, 0.15) is 5.75 Å². The van der Waals surface area contributed by atoms with E-state index < -0.39 is 12.0 Å². The highest BCUT2D eigenvalue weighted by Gasteiger charge is 2.39. The molecule has 198 valence electrons. The number of urea groups is 1. The van der Waals surface area contributed by atoms with Crippen molar-refractivity contribution in [1.29, 1.82) is 0 Å². The summed E-state index contributed by atoms with van der Waals surface area (Å²) in [6, 6.07) is 10.1. The van der Waals surface area contributed by atoms with E-state index in [2.05, 4.69) is 10.2 Å². The molecule has 0 unspecified atom stereocenters. The van der Waals surface area contributed by atoms with Crippen LogP contribution in [0.3, 0.4) is 0 Å². The van der Waals surface area contributed by atoms with Crippen LogP contribution in [0.4, 0.5) is 4.79 Å². The molecular formula is C27H34N4O5S. The van der Waals surface area contributed by atoms with Crippen LogP contribution in [0.2, 0.25) is 0 Å². The zero-order valence-electron chi connectivity index (χ0n) is 21.7. The molecule has 2 atom stereocenters. The minimum absolute atomic E-state index is 0.0140. The molecule has 2 aliphatic rings. The summed E-state index contributed by atoms with van der Waals surface area (Å²) in [4.78, 5) is 45.9. The predicted molar refractivity (Wildman–Crippen MR) is 142 cm³/mol. The van der Waals surface area contributed by atoms with Gasteiger partial charge in [-0.3, -0.25) is 14.6 Å². The van der Waals surface area contributed by atoms with Crippen molar-refractivity contribution in [3.8, 4) is 5.75 Å². The lowest BCUT2D eigenvalue weighted by Gasteiger charge is -2.42. The molecule has 4 rings (SSSR count). The Morgan fingerprint density at radius 1 is 1.14 bits per heavy atom. The van der Waals surface area contributed by atoms with E-state index in [4.69, 9.17) is 9.47 Å². The number of thiophene rings is 1. The van der Waals surface area contributed by atoms with Gasteiger partial charge < -0.3 is 19.7 Å². The van der Waals surface area contributed by atoms with Gasteiger partial charge in [-0.1, -0.05) is 18.2 Å². The van der Waals surface area contributed by atoms with Crippen molar-refractivity contribution in [1.82, 2.24) is 20.0 Å². The zero-order valence-corrected chi connectivity index (χ0v) is 22.5. The number of hydrogen-bond donors (Lipinski definition) is 1. The first-order valence-electron chi connectivity index (χ1n) is 12.6. The van der Waals surface area contributed by atoms with Gasteiger partial charge >= 0.3 is 12.0 Å². The summed E-state index contributed by atoms with van der Waals surface area (Å²) in [7, 11) is 1.59. The number of ether oxygens (including phenoxy) is 2. The lowest BCUT2D eigenvalue weighted by atomic mass is 9.94. The molecule has 0 aliphatic carbocycles. The van der Waals surface area contributed by atoms with E-state index in [1.807, 2.05) is 60.5 Å². The molecule has 2 aliphatic heterocycles. The number of methoxy groups -OCH3 is 1. The Hall–Kier alpha value is -3.37. The highest BCUT2D eigenvalue weighted by Crippen LogP contribution is 2.33. The summed E-state index contributed by atoms with van der Waals surface area (Å²) in [6.07, 6.45) is 0. The second-order valence-electron chi connectivity index (χ2n) is 9.04. The second kappa shape index (κ2) is 11.8. The minimum atomic E-state index is -0.644. The van der Waals surface area contributed by atoms with Crippen LogP contribution in [-0.2, 0) is 9.53 Å². The van der Waals surface area contributed by atoms with E-state index in [0.717, 1.165) is 10.4 Å². The van der Waals surface area contributed by atoms with E-state index in [1.54, 1.807) is 18.9 Å². The number of amides is 3. The number of likely N-dealkylation sites (N-methyl/N-ethyl adjacent to an activating group) is 1. The Kier molecular flexibility index (Phi) is 8.50. The van der Waals surface area contributed by atoms with E-state index in [9.17, 15) is 14.4 Å². The molecule has 3 amide bonds. The summed E-state index contributed by atoms with van der Waals surface area (Å²) in [5.41, 5.74) is 1.83. The number of nitrogens with zero attached hydrogens (tertiary/aromatic N) is 3. The van der Waals surface area contributed by atoms with E-state index in [0.29, 0.717) is 49.7 Å². The fourth-order valence-electron chi connectivity index (χ4n) is 4.94. The fraction of sp³-hybridized carbons (Fsp3) is 0.444. The number of hydrogen-bond acceptors (Lipinski definition) is 7. The normalized spacial score (nSPS) is 20.6. The molecule has 0 saturated carbocycles. The van der Waals surface area contributed by atoms with Crippen LogP contribution in [0.25, 0.3) is 0 Å². The van der Waals surface area contributed by atoms with E-state index in [-0.39, 0.29) is 24.6 Å². The van der Waals surface area contributed by atoms with Crippen LogP contribution >= 0.6 is 11.3 Å². The SMILES string of the molecule is CCOC(=O)C1=C(CN2CCN(C(=O)c3cccs3)[C@@H](C)C2)N(CC)C(=O)N[C@H]1c1ccc(OC)cc1. The molecule has 1 aromatic carbocycles. The van der Waals surface area contributed by atoms with Crippen LogP contribution in [0.5, 0.6) is 5.75 Å². The Morgan fingerprint density at radius 2 is 1.89 bits per heavy atom. The topological polar surface area (TPSA) is 91.4 Å². The standard InChI is InChI=1S/C27H34N4O5S/c1-5-30-21(17-29-13-14-31(18(3)16-29)25(32)22-8-7-15-37-22)23(26(33)36-6-2)24(28-27(30)34)19-9-11-20(35-4)12-10-19/h7-12,15,18,24H,5-6,13-14,16-17H2,1-4H3,(H,28,34)/t18-,24-/m0/s1. The second-order valence-corrected chi connectivity index (χ2v) is 9.99. The molecule has 1 aromatic heterocycles. The highest BCUT2D eigenvalue weighted by atomic mass is 32.1. The van der Waals surface area contributed by atoms with Gasteiger partial charge in [0.05, 0.1) is 30.2 Å². The van der Waals surface area contributed by atoms with Crippen molar-refractivity contribution >= 4 is 29.2 Å². The predicted octanol–water partition coefficient (Wildman–Crippen LogP) is 3.51. The third-order valence-electron chi connectivity index (χ3n) is 6.78. The van der Waals surface area contributed by atoms with Gasteiger partial charge in [0.15, 0.2) is 0 Å². The molecule has 10 heteroatoms. The molecule has 1 saturated heterocycles. The fourth-order valence-corrected chi connectivity index (χ4v) is 5.61. The number of piperazine rings is 1. The van der Waals surface area contributed by atoms with Gasteiger partial charge in [-0.05, 0) is 49.9 Å². The lowest BCUT2D eigenvalue weighted by Crippen LogP contribution is -2.56. The molecule has 37 heavy (non-hydrogen) atoms. The van der Waals surface area contributed by atoms with Crippen molar-refractivity contribution in [3.63, 3.8) is 0 Å². The monoisotopic (exact) mass is 526 g/mol. The Labute approximate surface area is 221 Å². The van der Waals surface area contributed by atoms with Gasteiger partial charge in [0.2, 0.25) is 0 Å². The highest BCUT2D eigenvalue weighted by molar-refractivity contribution is 7.12. The van der Waals surface area contributed by atoms with Crippen LogP contribution < -0.4 is 10.1 Å². The summed E-state index contributed by atoms with van der Waals surface area (Å²) in [5, 5.41) is 4.90. The molecule has 0 spiro atoms. The maximum absolute atomic E-state index is 13.3. The molecule has 1 N–H and O–H groups in total. The molecule has 9 nitrogen and oxygen atoms in total. The number of benzene rings is 1. The van der Waals surface area contributed by atoms with E-state index in [1.165, 1.54) is 11.3 Å². The van der Waals surface area contributed by atoms with Gasteiger partial charge in [-0.15, -0.1) is 11.3 Å². The molecular weight excluding hydrogens is 492 g/mol. The van der Waals surface area contributed by atoms with Gasteiger partial charge in [-0.2, -0.15) is 0 Å². The number of rotatable bonds is 8. The first-order valence-corrected chi connectivity index (χ1v) is 13.4. The maximum atomic E-state index is 13.3. The number of carbonyl (C=O) groups is 3. The molecule has 0 radical (unpaired) electrons. The summed E-state index contributed by atoms with van der Waals surface area (Å²) in [5.74, 6) is 0.281. The Morgan fingerprint density at radius 3 is 2.49 bits per heavy atom. The van der Waals surface area contributed by atoms with Gasteiger partial charge in [0.25, 0.3) is 5.91 Å². The number of nitrogens with one attached hydrogen (secondary N) is 1. The summed E-state index contributed by atoms with van der Waals surface area (Å²) >= 11 is 1.45. The summed E-state index contributed by atoms with van der Waals surface area (Å²) < 4.78 is 10.7. The van der Waals surface area contributed by atoms with E-state index >= 15 is 0 Å².